The van der Waals surface area contributed by atoms with Gasteiger partial charge in [0.15, 0.2) is 11.8 Å². The highest BCUT2D eigenvalue weighted by Gasteiger charge is 2.49. The molecule has 3 amide bonds. The van der Waals surface area contributed by atoms with Crippen molar-refractivity contribution in [2.24, 2.45) is 18.7 Å². The molecule has 4 atom stereocenters. The van der Waals surface area contributed by atoms with Crippen LogP contribution in [0.2, 0.25) is 0 Å². The third-order valence-corrected chi connectivity index (χ3v) is 10.7. The van der Waals surface area contributed by atoms with E-state index in [1.807, 2.05) is 42.5 Å². The third kappa shape index (κ3) is 6.41. The van der Waals surface area contributed by atoms with Gasteiger partial charge in [0.05, 0.1) is 23.6 Å². The molecular formula is C38H44N8O4. The molecule has 3 saturated heterocycles. The number of hydrogen-bond donors (Lipinski definition) is 3. The summed E-state index contributed by atoms with van der Waals surface area (Å²) in [5.74, 6) is -0.891. The Hall–Kier alpha value is -5.26. The zero-order valence-corrected chi connectivity index (χ0v) is 28.4. The molecule has 12 nitrogen and oxygen atoms in total. The van der Waals surface area contributed by atoms with Gasteiger partial charge >= 0.3 is 0 Å². The Bertz CT molecular complexity index is 1970. The van der Waals surface area contributed by atoms with Gasteiger partial charge in [-0.2, -0.15) is 0 Å². The van der Waals surface area contributed by atoms with Crippen molar-refractivity contribution in [3.05, 3.63) is 78.1 Å². The predicted octanol–water partition coefficient (Wildman–Crippen LogP) is 3.22. The lowest BCUT2D eigenvalue weighted by atomic mass is 9.89. The molecule has 2 unspecified atom stereocenters. The fourth-order valence-electron chi connectivity index (χ4n) is 8.18. The van der Waals surface area contributed by atoms with Crippen molar-refractivity contribution in [2.75, 3.05) is 26.2 Å². The number of aryl methyl sites for hydroxylation is 2. The molecule has 1 aromatic heterocycles. The Morgan fingerprint density at radius 3 is 2.62 bits per heavy atom. The highest BCUT2D eigenvalue weighted by Crippen LogP contribution is 2.31. The van der Waals surface area contributed by atoms with Crippen LogP contribution in [0.25, 0.3) is 21.8 Å². The quantitative estimate of drug-likeness (QED) is 0.132. The van der Waals surface area contributed by atoms with Crippen LogP contribution in [0.4, 0.5) is 0 Å². The van der Waals surface area contributed by atoms with Crippen molar-refractivity contribution >= 4 is 51.3 Å². The zero-order valence-electron chi connectivity index (χ0n) is 28.4. The fourth-order valence-corrected chi connectivity index (χ4v) is 8.18. The molecule has 50 heavy (non-hydrogen) atoms. The second kappa shape index (κ2) is 13.9. The number of likely N-dealkylation sites (tertiary alicyclic amines) is 1. The molecule has 3 aliphatic heterocycles. The van der Waals surface area contributed by atoms with Crippen LogP contribution < -0.4 is 11.1 Å². The monoisotopic (exact) mass is 676 g/mol. The van der Waals surface area contributed by atoms with E-state index in [2.05, 4.69) is 34.6 Å². The Morgan fingerprint density at radius 1 is 1.02 bits per heavy atom. The highest BCUT2D eigenvalue weighted by atomic mass is 16.2. The van der Waals surface area contributed by atoms with Crippen molar-refractivity contribution in [3.63, 3.8) is 0 Å². The number of para-hydroxylation sites is 2. The number of fused-ring (bicyclic) bond motifs is 3. The molecular weight excluding hydrogens is 632 g/mol. The lowest BCUT2D eigenvalue weighted by Crippen LogP contribution is -2.62. The summed E-state index contributed by atoms with van der Waals surface area (Å²) in [6, 6.07) is 19.5. The van der Waals surface area contributed by atoms with E-state index in [1.165, 1.54) is 21.2 Å². The van der Waals surface area contributed by atoms with Crippen LogP contribution in [0.3, 0.4) is 0 Å². The van der Waals surface area contributed by atoms with Gasteiger partial charge in [0.25, 0.3) is 0 Å². The van der Waals surface area contributed by atoms with Gasteiger partial charge in [-0.05, 0) is 79.3 Å². The minimum Gasteiger partial charge on any atom is -0.370 e. The number of nitrogens with one attached hydrogen (secondary N) is 2. The van der Waals surface area contributed by atoms with Gasteiger partial charge in [0.2, 0.25) is 23.5 Å². The number of benzene rings is 3. The van der Waals surface area contributed by atoms with Gasteiger partial charge < -0.3 is 30.3 Å². The first-order valence-corrected chi connectivity index (χ1v) is 17.6. The van der Waals surface area contributed by atoms with E-state index in [-0.39, 0.29) is 41.8 Å². The summed E-state index contributed by atoms with van der Waals surface area (Å²) in [5.41, 5.74) is 8.50. The van der Waals surface area contributed by atoms with Crippen molar-refractivity contribution in [3.8, 4) is 0 Å². The highest BCUT2D eigenvalue weighted by molar-refractivity contribution is 6.03. The van der Waals surface area contributed by atoms with E-state index in [0.717, 1.165) is 31.2 Å². The van der Waals surface area contributed by atoms with Crippen molar-refractivity contribution in [2.45, 2.75) is 63.1 Å². The first-order valence-electron chi connectivity index (χ1n) is 17.6. The van der Waals surface area contributed by atoms with E-state index in [0.29, 0.717) is 44.4 Å². The number of ketones is 1. The van der Waals surface area contributed by atoms with Crippen LogP contribution in [0.5, 0.6) is 0 Å². The second-order valence-corrected chi connectivity index (χ2v) is 13.9. The maximum atomic E-state index is 14.2. The Labute approximate surface area is 291 Å². The third-order valence-electron chi connectivity index (χ3n) is 10.7. The fraction of sp³-hybridized carbons (Fsp3) is 0.421. The van der Waals surface area contributed by atoms with Gasteiger partial charge in [-0.25, -0.2) is 4.98 Å². The van der Waals surface area contributed by atoms with Gasteiger partial charge in [-0.3, -0.25) is 24.6 Å². The number of nitrogens with two attached hydrogens (primary N) is 1. The van der Waals surface area contributed by atoms with E-state index in [9.17, 15) is 19.2 Å². The minimum atomic E-state index is -0.907. The largest absolute Gasteiger partial charge is 0.370 e. The van der Waals surface area contributed by atoms with Gasteiger partial charge in [-0.1, -0.05) is 54.6 Å². The number of rotatable bonds is 10. The molecule has 0 bridgehead atoms. The van der Waals surface area contributed by atoms with Gasteiger partial charge in [0.1, 0.15) is 12.1 Å². The molecule has 0 spiro atoms. The van der Waals surface area contributed by atoms with Crippen molar-refractivity contribution in [1.82, 2.24) is 29.6 Å². The number of piperazine rings is 1. The molecule has 3 aromatic carbocycles. The molecule has 0 aliphatic carbocycles. The van der Waals surface area contributed by atoms with E-state index in [4.69, 9.17) is 11.1 Å². The Kier molecular flexibility index (Phi) is 9.26. The lowest BCUT2D eigenvalue weighted by molar-refractivity contribution is -0.157. The molecule has 4 N–H and O–H groups in total. The summed E-state index contributed by atoms with van der Waals surface area (Å²) in [7, 11) is 1.78. The molecule has 0 radical (unpaired) electrons. The van der Waals surface area contributed by atoms with Crippen molar-refractivity contribution < 1.29 is 19.2 Å². The smallest absolute Gasteiger partial charge is 0.245 e. The molecule has 4 aromatic rings. The minimum absolute atomic E-state index is 0.00791. The molecule has 12 heteroatoms. The Balaban J connectivity index is 1.04. The number of nitrogens with zero attached hydrogens (tertiary/aromatic N) is 5. The molecule has 0 saturated carbocycles. The lowest BCUT2D eigenvalue weighted by Gasteiger charge is -2.39. The first-order chi connectivity index (χ1) is 24.2. The SMILES string of the molecule is Cn1c(C(=O)C(CC2CCCN(C(=N)N)C2)NC(=O)[C@H]2CC[C@@H]3C(=O)N(CCCc4cccc5ccccc45)CC(=O)N23)nc2ccccc21. The average molecular weight is 677 g/mol. The number of carbonyl (C=O) groups is 4. The normalized spacial score (nSPS) is 21.5. The molecule has 260 valence electrons. The summed E-state index contributed by atoms with van der Waals surface area (Å²) in [4.78, 5) is 64.9. The molecule has 3 aliphatic rings. The van der Waals surface area contributed by atoms with E-state index < -0.39 is 24.0 Å². The molecule has 7 rings (SSSR count). The summed E-state index contributed by atoms with van der Waals surface area (Å²) in [5, 5.41) is 13.3. The molecule has 4 heterocycles. The number of amides is 3. The number of carbonyl (C=O) groups excluding carboxylic acids is 4. The van der Waals surface area contributed by atoms with Crippen LogP contribution in [0, 0.1) is 11.3 Å². The number of aromatic nitrogens is 2. The number of imidazole rings is 1. The number of hydrogen-bond acceptors (Lipinski definition) is 6. The first kappa shape index (κ1) is 33.2. The van der Waals surface area contributed by atoms with Crippen LogP contribution in [0.1, 0.15) is 54.7 Å². The summed E-state index contributed by atoms with van der Waals surface area (Å²) >= 11 is 0. The topological polar surface area (TPSA) is 158 Å². The number of Topliss-reactive ketones (excluding diaryl/α,β-unsaturated/α-hetero) is 1. The van der Waals surface area contributed by atoms with Crippen LogP contribution in [0.15, 0.2) is 66.7 Å². The van der Waals surface area contributed by atoms with E-state index in [1.54, 1.807) is 21.4 Å². The second-order valence-electron chi connectivity index (χ2n) is 13.9. The standard InChI is InChI=1S/C38H44N8O4/c1-43-30-16-5-4-15-28(30)41-35(43)34(48)29(21-24-9-7-20-45(22-24)38(39)40)42-36(49)31-17-18-32-37(50)44(23-33(47)46(31)32)19-8-13-26-12-6-11-25-10-2-3-14-27(25)26/h2-6,10-12,14-16,24,29,31-32H,7-9,13,17-23H2,1H3,(H3,39,40)(H,42,49)/t24?,29?,31-,32-/m1/s1. The molecule has 3 fully saturated rings. The van der Waals surface area contributed by atoms with E-state index >= 15 is 0 Å². The summed E-state index contributed by atoms with van der Waals surface area (Å²) in [6.07, 6.45) is 4.22. The number of piperidine rings is 1. The maximum absolute atomic E-state index is 14.2. The predicted molar refractivity (Wildman–Crippen MR) is 190 cm³/mol. The average Bonchev–Trinajstić information content (AvgIpc) is 3.72. The number of guanidine groups is 1. The zero-order chi connectivity index (χ0) is 34.9. The van der Waals surface area contributed by atoms with Gasteiger partial charge in [0, 0.05) is 26.7 Å². The van der Waals surface area contributed by atoms with Gasteiger partial charge in [-0.15, -0.1) is 0 Å². The van der Waals surface area contributed by atoms with Crippen LogP contribution in [-0.2, 0) is 27.9 Å². The maximum Gasteiger partial charge on any atom is 0.245 e. The van der Waals surface area contributed by atoms with Crippen LogP contribution in [-0.4, -0.2) is 98.0 Å². The van der Waals surface area contributed by atoms with Crippen molar-refractivity contribution in [1.29, 1.82) is 5.41 Å². The Morgan fingerprint density at radius 2 is 1.80 bits per heavy atom. The van der Waals surface area contributed by atoms with Crippen LogP contribution >= 0.6 is 0 Å². The summed E-state index contributed by atoms with van der Waals surface area (Å²) < 4.78 is 1.74. The summed E-state index contributed by atoms with van der Waals surface area (Å²) in [6.45, 7) is 1.58.